The highest BCUT2D eigenvalue weighted by atomic mass is 16.5. The normalized spacial score (nSPS) is 10.2. The maximum absolute atomic E-state index is 5.78. The van der Waals surface area contributed by atoms with Crippen LogP contribution in [0, 0.1) is 6.92 Å². The van der Waals surface area contributed by atoms with Crippen LogP contribution in [0.2, 0.25) is 0 Å². The second kappa shape index (κ2) is 4.82. The molecule has 0 bridgehead atoms. The molecule has 2 rings (SSSR count). The lowest BCUT2D eigenvalue weighted by Gasteiger charge is -2.05. The number of ether oxygens (including phenoxy) is 1. The van der Waals surface area contributed by atoms with E-state index in [1.54, 1.807) is 6.07 Å². The molecule has 0 amide bonds. The van der Waals surface area contributed by atoms with E-state index in [2.05, 4.69) is 41.4 Å². The molecule has 0 aliphatic rings. The van der Waals surface area contributed by atoms with Crippen LogP contribution < -0.4 is 10.5 Å². The van der Waals surface area contributed by atoms with Crippen LogP contribution in [0.5, 0.6) is 5.88 Å². The second-order valence-corrected chi connectivity index (χ2v) is 3.96. The van der Waals surface area contributed by atoms with Gasteiger partial charge in [-0.3, -0.25) is 0 Å². The third-order valence-corrected chi connectivity index (χ3v) is 2.54. The van der Waals surface area contributed by atoms with Gasteiger partial charge in [0.25, 0.3) is 5.88 Å². The Hall–Kier alpha value is -2.10. The third-order valence-electron chi connectivity index (χ3n) is 2.54. The fourth-order valence-electron chi connectivity index (χ4n) is 1.60. The Balaban J connectivity index is 2.19. The van der Waals surface area contributed by atoms with Gasteiger partial charge in [0.15, 0.2) is 0 Å². The predicted molar refractivity (Wildman–Crippen MR) is 67.0 cm³/mol. The van der Waals surface area contributed by atoms with Crippen LogP contribution >= 0.6 is 0 Å². The minimum absolute atomic E-state index is 0.373. The second-order valence-electron chi connectivity index (χ2n) is 3.96. The van der Waals surface area contributed by atoms with Crippen LogP contribution in [0.3, 0.4) is 0 Å². The van der Waals surface area contributed by atoms with Gasteiger partial charge in [-0.25, -0.2) is 0 Å². The number of nitrogens with zero attached hydrogens (tertiary/aromatic N) is 2. The lowest BCUT2D eigenvalue weighted by atomic mass is 10.1. The minimum Gasteiger partial charge on any atom is -0.478 e. The van der Waals surface area contributed by atoms with Gasteiger partial charge in [-0.05, 0) is 18.6 Å². The molecule has 2 N–H and O–H groups in total. The van der Waals surface area contributed by atoms with E-state index in [0.29, 0.717) is 11.6 Å². The summed E-state index contributed by atoms with van der Waals surface area (Å²) in [5.74, 6) is 0.373. The zero-order valence-electron chi connectivity index (χ0n) is 9.97. The van der Waals surface area contributed by atoms with E-state index in [1.807, 2.05) is 0 Å². The predicted octanol–water partition coefficient (Wildman–Crippen LogP) is 1.97. The van der Waals surface area contributed by atoms with Crippen LogP contribution in [-0.4, -0.2) is 17.3 Å². The minimum atomic E-state index is 0.373. The summed E-state index contributed by atoms with van der Waals surface area (Å²) in [7, 11) is 1.53. The van der Waals surface area contributed by atoms with Gasteiger partial charge in [0, 0.05) is 6.42 Å². The molecule has 1 heterocycles. The Morgan fingerprint density at radius 3 is 2.47 bits per heavy atom. The highest BCUT2D eigenvalue weighted by molar-refractivity contribution is 5.48. The van der Waals surface area contributed by atoms with Gasteiger partial charge in [-0.2, -0.15) is 5.10 Å². The Morgan fingerprint density at radius 1 is 1.18 bits per heavy atom. The zero-order valence-corrected chi connectivity index (χ0v) is 9.97. The molecule has 0 saturated carbocycles. The third kappa shape index (κ3) is 2.72. The fourth-order valence-corrected chi connectivity index (χ4v) is 1.60. The summed E-state index contributed by atoms with van der Waals surface area (Å²) in [5, 5.41) is 7.99. The highest BCUT2D eigenvalue weighted by Crippen LogP contribution is 2.18. The molecule has 4 heteroatoms. The summed E-state index contributed by atoms with van der Waals surface area (Å²) >= 11 is 0. The number of hydrogen-bond acceptors (Lipinski definition) is 4. The number of nitrogen functional groups attached to an aromatic ring is 1. The molecule has 0 aliphatic heterocycles. The van der Waals surface area contributed by atoms with E-state index in [0.717, 1.165) is 12.1 Å². The van der Waals surface area contributed by atoms with Crippen molar-refractivity contribution in [1.82, 2.24) is 10.2 Å². The van der Waals surface area contributed by atoms with Crippen LogP contribution in [0.1, 0.15) is 16.8 Å². The number of hydrogen-bond donors (Lipinski definition) is 1. The summed E-state index contributed by atoms with van der Waals surface area (Å²) in [4.78, 5) is 0. The van der Waals surface area contributed by atoms with E-state index in [1.165, 1.54) is 18.2 Å². The van der Waals surface area contributed by atoms with E-state index in [9.17, 15) is 0 Å². The molecule has 0 atom stereocenters. The van der Waals surface area contributed by atoms with Crippen LogP contribution in [0.25, 0.3) is 0 Å². The van der Waals surface area contributed by atoms with Crippen molar-refractivity contribution in [1.29, 1.82) is 0 Å². The van der Waals surface area contributed by atoms with Crippen molar-refractivity contribution in [3.05, 3.63) is 47.2 Å². The fraction of sp³-hybridized carbons (Fsp3) is 0.231. The summed E-state index contributed by atoms with van der Waals surface area (Å²) < 4.78 is 4.97. The lowest BCUT2D eigenvalue weighted by molar-refractivity contribution is 0.393. The van der Waals surface area contributed by atoms with E-state index >= 15 is 0 Å². The van der Waals surface area contributed by atoms with Gasteiger partial charge in [-0.1, -0.05) is 29.8 Å². The quantitative estimate of drug-likeness (QED) is 0.874. The molecule has 4 nitrogen and oxygen atoms in total. The standard InChI is InChI=1S/C13H15N3O/c1-9-3-5-10(6-4-9)7-11-8-12(14)13(17-2)16-15-11/h3-6,8H,7H2,1-2H3,(H2,14,15). The first-order chi connectivity index (χ1) is 8.19. The summed E-state index contributed by atoms with van der Waals surface area (Å²) in [6.45, 7) is 2.06. The average molecular weight is 229 g/mol. The molecule has 0 fully saturated rings. The average Bonchev–Trinajstić information content (AvgIpc) is 2.32. The summed E-state index contributed by atoms with van der Waals surface area (Å²) in [6, 6.07) is 10.1. The van der Waals surface area contributed by atoms with Crippen molar-refractivity contribution < 1.29 is 4.74 Å². The lowest BCUT2D eigenvalue weighted by Crippen LogP contribution is -2.01. The Morgan fingerprint density at radius 2 is 1.88 bits per heavy atom. The number of methoxy groups -OCH3 is 1. The number of anilines is 1. The molecule has 0 spiro atoms. The molecule has 0 saturated heterocycles. The molecular formula is C13H15N3O. The van der Waals surface area contributed by atoms with Crippen LogP contribution in [-0.2, 0) is 6.42 Å². The number of benzene rings is 1. The van der Waals surface area contributed by atoms with E-state index < -0.39 is 0 Å². The van der Waals surface area contributed by atoms with Gasteiger partial charge in [0.05, 0.1) is 18.5 Å². The zero-order chi connectivity index (χ0) is 12.3. The largest absolute Gasteiger partial charge is 0.478 e. The summed E-state index contributed by atoms with van der Waals surface area (Å²) in [6.07, 6.45) is 0.724. The Labute approximate surface area is 100 Å². The number of rotatable bonds is 3. The van der Waals surface area contributed by atoms with Gasteiger partial charge >= 0.3 is 0 Å². The molecule has 1 aromatic heterocycles. The molecular weight excluding hydrogens is 214 g/mol. The topological polar surface area (TPSA) is 61.0 Å². The first-order valence-electron chi connectivity index (χ1n) is 5.40. The number of aromatic nitrogens is 2. The van der Waals surface area contributed by atoms with Gasteiger partial charge < -0.3 is 10.5 Å². The maximum Gasteiger partial charge on any atom is 0.256 e. The van der Waals surface area contributed by atoms with Crippen molar-refractivity contribution in [2.24, 2.45) is 0 Å². The molecule has 1 aromatic carbocycles. The van der Waals surface area contributed by atoms with Crippen molar-refractivity contribution in [2.45, 2.75) is 13.3 Å². The molecule has 17 heavy (non-hydrogen) atoms. The van der Waals surface area contributed by atoms with E-state index in [-0.39, 0.29) is 0 Å². The first kappa shape index (κ1) is 11.4. The van der Waals surface area contributed by atoms with Gasteiger partial charge in [0.2, 0.25) is 0 Å². The molecule has 0 radical (unpaired) electrons. The molecule has 2 aromatic rings. The Bertz CT molecular complexity index is 509. The number of nitrogens with two attached hydrogens (primary N) is 1. The number of aryl methyl sites for hydroxylation is 1. The first-order valence-corrected chi connectivity index (χ1v) is 5.40. The van der Waals surface area contributed by atoms with Crippen LogP contribution in [0.4, 0.5) is 5.69 Å². The van der Waals surface area contributed by atoms with Gasteiger partial charge in [-0.15, -0.1) is 5.10 Å². The molecule has 88 valence electrons. The van der Waals surface area contributed by atoms with Gasteiger partial charge in [0.1, 0.15) is 0 Å². The van der Waals surface area contributed by atoms with Crippen molar-refractivity contribution >= 4 is 5.69 Å². The Kier molecular flexibility index (Phi) is 3.23. The van der Waals surface area contributed by atoms with Crippen molar-refractivity contribution in [3.8, 4) is 5.88 Å². The highest BCUT2D eigenvalue weighted by Gasteiger charge is 2.04. The summed E-state index contributed by atoms with van der Waals surface area (Å²) in [5.41, 5.74) is 9.57. The molecule has 0 unspecified atom stereocenters. The van der Waals surface area contributed by atoms with Crippen LogP contribution in [0.15, 0.2) is 30.3 Å². The SMILES string of the molecule is COc1nnc(Cc2ccc(C)cc2)cc1N. The molecule has 0 aliphatic carbocycles. The van der Waals surface area contributed by atoms with E-state index in [4.69, 9.17) is 10.5 Å². The maximum atomic E-state index is 5.78. The monoisotopic (exact) mass is 229 g/mol. The van der Waals surface area contributed by atoms with Crippen molar-refractivity contribution in [2.75, 3.05) is 12.8 Å². The van der Waals surface area contributed by atoms with Crippen molar-refractivity contribution in [3.63, 3.8) is 0 Å². The smallest absolute Gasteiger partial charge is 0.256 e.